The monoisotopic (exact) mass is 407 g/mol. The number of rotatable bonds is 5. The molecule has 0 radical (unpaired) electrons. The van der Waals surface area contributed by atoms with Gasteiger partial charge in [0.15, 0.2) is 9.84 Å². The van der Waals surface area contributed by atoms with Crippen molar-refractivity contribution in [1.82, 2.24) is 9.80 Å². The zero-order valence-corrected chi connectivity index (χ0v) is 17.5. The van der Waals surface area contributed by atoms with Gasteiger partial charge >= 0.3 is 0 Å². The number of hydrogen-bond donors (Lipinski definition) is 1. The van der Waals surface area contributed by atoms with Crippen LogP contribution in [0.4, 0.5) is 0 Å². The zero-order chi connectivity index (χ0) is 18.1. The fourth-order valence-electron chi connectivity index (χ4n) is 4.76. The Morgan fingerprint density at radius 2 is 1.88 bits per heavy atom. The van der Waals surface area contributed by atoms with Crippen LogP contribution in [0.25, 0.3) is 0 Å². The maximum Gasteiger partial charge on any atom is 0.237 e. The first-order valence-electron chi connectivity index (χ1n) is 9.76. The first-order chi connectivity index (χ1) is 11.8. The van der Waals surface area contributed by atoms with E-state index in [4.69, 9.17) is 5.73 Å². The fraction of sp³-hybridized carbons (Fsp3) is 0.944. The maximum absolute atomic E-state index is 13.2. The molecule has 2 heterocycles. The summed E-state index contributed by atoms with van der Waals surface area (Å²) in [6, 6.07) is 0.104. The molecule has 0 aromatic heterocycles. The summed E-state index contributed by atoms with van der Waals surface area (Å²) in [5, 5.41) is 0. The quantitative estimate of drug-likeness (QED) is 0.745. The van der Waals surface area contributed by atoms with Crippen molar-refractivity contribution in [3.63, 3.8) is 0 Å². The number of likely N-dealkylation sites (tertiary alicyclic amines) is 1. The van der Waals surface area contributed by atoms with E-state index in [0.717, 1.165) is 45.2 Å². The molecule has 2 saturated heterocycles. The van der Waals surface area contributed by atoms with Crippen LogP contribution in [-0.2, 0) is 14.6 Å². The highest BCUT2D eigenvalue weighted by Gasteiger charge is 2.40. The topological polar surface area (TPSA) is 83.7 Å². The van der Waals surface area contributed by atoms with Gasteiger partial charge < -0.3 is 10.6 Å². The second-order valence-electron chi connectivity index (χ2n) is 8.63. The molecule has 0 spiro atoms. The van der Waals surface area contributed by atoms with Gasteiger partial charge in [-0.05, 0) is 44.2 Å². The Morgan fingerprint density at radius 1 is 1.19 bits per heavy atom. The van der Waals surface area contributed by atoms with Crippen molar-refractivity contribution in [3.05, 3.63) is 0 Å². The Morgan fingerprint density at radius 3 is 2.42 bits per heavy atom. The summed E-state index contributed by atoms with van der Waals surface area (Å²) in [7, 11) is -2.99. The van der Waals surface area contributed by atoms with Gasteiger partial charge in [0, 0.05) is 18.6 Å². The van der Waals surface area contributed by atoms with E-state index in [1.54, 1.807) is 0 Å². The highest BCUT2D eigenvalue weighted by atomic mass is 35.5. The average molecular weight is 408 g/mol. The van der Waals surface area contributed by atoms with Gasteiger partial charge in [-0.15, -0.1) is 12.4 Å². The minimum atomic E-state index is -2.99. The van der Waals surface area contributed by atoms with Crippen LogP contribution >= 0.6 is 12.4 Å². The van der Waals surface area contributed by atoms with Crippen LogP contribution in [-0.4, -0.2) is 73.9 Å². The van der Waals surface area contributed by atoms with Crippen molar-refractivity contribution in [2.75, 3.05) is 37.7 Å². The number of sulfone groups is 1. The smallest absolute Gasteiger partial charge is 0.237 e. The molecule has 1 amide bonds. The first-order valence-corrected chi connectivity index (χ1v) is 11.6. The van der Waals surface area contributed by atoms with Crippen LogP contribution in [0.5, 0.6) is 0 Å². The van der Waals surface area contributed by atoms with E-state index in [2.05, 4.69) is 11.8 Å². The Hall–Kier alpha value is -0.370. The number of amides is 1. The molecule has 3 aliphatic rings. The van der Waals surface area contributed by atoms with E-state index < -0.39 is 9.84 Å². The molecule has 1 saturated carbocycles. The summed E-state index contributed by atoms with van der Waals surface area (Å²) in [5.74, 6) is 0.495. The SMILES string of the molecule is CC1(CN)CCN(CC(=O)N(C2CCCCC2)C2CCS(=O)(=O)C2)C1.Cl. The van der Waals surface area contributed by atoms with E-state index in [1.807, 2.05) is 4.90 Å². The molecule has 6 nitrogen and oxygen atoms in total. The number of hydrogen-bond acceptors (Lipinski definition) is 5. The fourth-order valence-corrected chi connectivity index (χ4v) is 6.47. The molecule has 0 aromatic rings. The third-order valence-electron chi connectivity index (χ3n) is 6.35. The normalized spacial score (nSPS) is 32.3. The molecule has 152 valence electrons. The minimum absolute atomic E-state index is 0. The second-order valence-corrected chi connectivity index (χ2v) is 10.9. The Labute approximate surface area is 164 Å². The second kappa shape index (κ2) is 8.76. The molecule has 3 fully saturated rings. The third kappa shape index (κ3) is 5.12. The van der Waals surface area contributed by atoms with E-state index in [9.17, 15) is 13.2 Å². The van der Waals surface area contributed by atoms with Crippen LogP contribution in [0.2, 0.25) is 0 Å². The summed E-state index contributed by atoms with van der Waals surface area (Å²) in [5.41, 5.74) is 5.98. The van der Waals surface area contributed by atoms with Gasteiger partial charge in [-0.3, -0.25) is 9.69 Å². The van der Waals surface area contributed by atoms with Crippen molar-refractivity contribution in [2.45, 2.75) is 64.0 Å². The van der Waals surface area contributed by atoms with Gasteiger partial charge in [0.2, 0.25) is 5.91 Å². The summed E-state index contributed by atoms with van der Waals surface area (Å²) >= 11 is 0. The average Bonchev–Trinajstić information content (AvgIpc) is 3.12. The molecule has 0 aromatic carbocycles. The van der Waals surface area contributed by atoms with E-state index >= 15 is 0 Å². The summed E-state index contributed by atoms with van der Waals surface area (Å²) in [4.78, 5) is 17.3. The summed E-state index contributed by atoms with van der Waals surface area (Å²) < 4.78 is 23.9. The Balaban J connectivity index is 0.00000243. The van der Waals surface area contributed by atoms with Crippen LogP contribution in [0, 0.1) is 5.41 Å². The van der Waals surface area contributed by atoms with Crippen molar-refractivity contribution >= 4 is 28.2 Å². The molecule has 8 heteroatoms. The number of nitrogens with two attached hydrogens (primary N) is 1. The molecule has 3 rings (SSSR count). The molecule has 2 aliphatic heterocycles. The van der Waals surface area contributed by atoms with E-state index in [-0.39, 0.29) is 47.3 Å². The lowest BCUT2D eigenvalue weighted by molar-refractivity contribution is -0.137. The Bertz CT molecular complexity index is 594. The molecular formula is C18H34ClN3O3S. The number of carbonyl (C=O) groups is 1. The molecule has 26 heavy (non-hydrogen) atoms. The van der Waals surface area contributed by atoms with E-state index in [0.29, 0.717) is 19.5 Å². The molecular weight excluding hydrogens is 374 g/mol. The van der Waals surface area contributed by atoms with Crippen LogP contribution in [0.1, 0.15) is 51.9 Å². The van der Waals surface area contributed by atoms with Gasteiger partial charge in [-0.1, -0.05) is 26.2 Å². The number of halogens is 1. The molecule has 1 aliphatic carbocycles. The van der Waals surface area contributed by atoms with Gasteiger partial charge in [0.1, 0.15) is 0 Å². The Kier molecular flexibility index (Phi) is 7.38. The minimum Gasteiger partial charge on any atom is -0.335 e. The number of nitrogens with zero attached hydrogens (tertiary/aromatic N) is 2. The summed E-state index contributed by atoms with van der Waals surface area (Å²) in [6.45, 7) is 4.99. The van der Waals surface area contributed by atoms with Gasteiger partial charge in [0.05, 0.1) is 18.1 Å². The van der Waals surface area contributed by atoms with Crippen LogP contribution in [0.15, 0.2) is 0 Å². The van der Waals surface area contributed by atoms with Crippen molar-refractivity contribution in [2.24, 2.45) is 11.1 Å². The molecule has 2 N–H and O–H groups in total. The van der Waals surface area contributed by atoms with Gasteiger partial charge in [-0.2, -0.15) is 0 Å². The van der Waals surface area contributed by atoms with Crippen molar-refractivity contribution in [3.8, 4) is 0 Å². The van der Waals surface area contributed by atoms with Gasteiger partial charge in [0.25, 0.3) is 0 Å². The predicted molar refractivity (Wildman–Crippen MR) is 106 cm³/mol. The lowest BCUT2D eigenvalue weighted by Crippen LogP contribution is -2.52. The van der Waals surface area contributed by atoms with Crippen molar-refractivity contribution in [1.29, 1.82) is 0 Å². The zero-order valence-electron chi connectivity index (χ0n) is 15.9. The predicted octanol–water partition coefficient (Wildman–Crippen LogP) is 1.43. The molecule has 2 atom stereocenters. The lowest BCUT2D eigenvalue weighted by Gasteiger charge is -2.39. The summed E-state index contributed by atoms with van der Waals surface area (Å²) in [6.07, 6.45) is 7.17. The van der Waals surface area contributed by atoms with Gasteiger partial charge in [-0.25, -0.2) is 8.42 Å². The highest BCUT2D eigenvalue weighted by molar-refractivity contribution is 7.91. The van der Waals surface area contributed by atoms with Crippen LogP contribution in [0.3, 0.4) is 0 Å². The molecule has 0 bridgehead atoms. The van der Waals surface area contributed by atoms with Crippen LogP contribution < -0.4 is 5.73 Å². The number of carbonyl (C=O) groups excluding carboxylic acids is 1. The first kappa shape index (κ1) is 21.9. The van der Waals surface area contributed by atoms with E-state index in [1.165, 1.54) is 6.42 Å². The lowest BCUT2D eigenvalue weighted by atomic mass is 9.90. The largest absolute Gasteiger partial charge is 0.335 e. The standard InChI is InChI=1S/C18H33N3O3S.ClH/c1-18(13-19)8-9-20(14-18)11-17(22)21(15-5-3-2-4-6-15)16-7-10-25(23,24)12-16;/h15-16H,2-14,19H2,1H3;1H. The maximum atomic E-state index is 13.2. The molecule has 2 unspecified atom stereocenters. The third-order valence-corrected chi connectivity index (χ3v) is 8.10. The van der Waals surface area contributed by atoms with Crippen molar-refractivity contribution < 1.29 is 13.2 Å². The highest BCUT2D eigenvalue weighted by Crippen LogP contribution is 2.31.